The van der Waals surface area contributed by atoms with Gasteiger partial charge >= 0.3 is 6.01 Å². The average Bonchev–Trinajstić information content (AvgIpc) is 3.43. The van der Waals surface area contributed by atoms with Crippen molar-refractivity contribution in [1.29, 1.82) is 0 Å². The van der Waals surface area contributed by atoms with Crippen LogP contribution < -0.4 is 10.1 Å². The van der Waals surface area contributed by atoms with Crippen LogP contribution in [-0.2, 0) is 4.79 Å². The molecule has 1 aliphatic heterocycles. The SMILES string of the molecule is COc1cccc(-c2noc(NC3CCN(C(=O)C4CCCC4)C3)n2)c1. The molecule has 26 heavy (non-hydrogen) atoms. The number of likely N-dealkylation sites (tertiary alicyclic amines) is 1. The second-order valence-corrected chi connectivity index (χ2v) is 7.05. The fraction of sp³-hybridized carbons (Fsp3) is 0.526. The number of benzene rings is 1. The monoisotopic (exact) mass is 356 g/mol. The molecule has 0 bridgehead atoms. The van der Waals surface area contributed by atoms with Crippen molar-refractivity contribution in [3.63, 3.8) is 0 Å². The molecule has 0 spiro atoms. The van der Waals surface area contributed by atoms with Crippen molar-refractivity contribution in [3.8, 4) is 17.1 Å². The molecule has 1 aliphatic carbocycles. The highest BCUT2D eigenvalue weighted by atomic mass is 16.5. The fourth-order valence-corrected chi connectivity index (χ4v) is 3.85. The summed E-state index contributed by atoms with van der Waals surface area (Å²) in [6, 6.07) is 8.08. The lowest BCUT2D eigenvalue weighted by Crippen LogP contribution is -2.35. The molecular formula is C19H24N4O3. The van der Waals surface area contributed by atoms with E-state index in [1.165, 1.54) is 12.8 Å². The molecule has 4 rings (SSSR count). The van der Waals surface area contributed by atoms with Gasteiger partial charge < -0.3 is 19.5 Å². The van der Waals surface area contributed by atoms with E-state index in [1.54, 1.807) is 7.11 Å². The molecule has 1 unspecified atom stereocenters. The first kappa shape index (κ1) is 16.9. The summed E-state index contributed by atoms with van der Waals surface area (Å²) < 4.78 is 10.6. The van der Waals surface area contributed by atoms with Gasteiger partial charge in [0.25, 0.3) is 0 Å². The first-order chi connectivity index (χ1) is 12.7. The van der Waals surface area contributed by atoms with Crippen molar-refractivity contribution >= 4 is 11.9 Å². The van der Waals surface area contributed by atoms with Crippen molar-refractivity contribution in [1.82, 2.24) is 15.0 Å². The Morgan fingerprint density at radius 3 is 2.96 bits per heavy atom. The van der Waals surface area contributed by atoms with Crippen molar-refractivity contribution in [2.45, 2.75) is 38.1 Å². The van der Waals surface area contributed by atoms with Crippen LogP contribution >= 0.6 is 0 Å². The lowest BCUT2D eigenvalue weighted by Gasteiger charge is -2.20. The number of rotatable bonds is 5. The summed E-state index contributed by atoms with van der Waals surface area (Å²) >= 11 is 0. The Labute approximate surface area is 152 Å². The maximum atomic E-state index is 12.5. The number of nitrogens with one attached hydrogen (secondary N) is 1. The Kier molecular flexibility index (Phi) is 4.77. The van der Waals surface area contributed by atoms with Gasteiger partial charge in [-0.3, -0.25) is 4.79 Å². The molecule has 0 radical (unpaired) electrons. The van der Waals surface area contributed by atoms with Gasteiger partial charge in [-0.15, -0.1) is 0 Å². The van der Waals surface area contributed by atoms with Gasteiger partial charge in [0.15, 0.2) is 0 Å². The summed E-state index contributed by atoms with van der Waals surface area (Å²) in [5, 5.41) is 7.31. The highest BCUT2D eigenvalue weighted by molar-refractivity contribution is 5.79. The first-order valence-corrected chi connectivity index (χ1v) is 9.26. The fourth-order valence-electron chi connectivity index (χ4n) is 3.85. The summed E-state index contributed by atoms with van der Waals surface area (Å²) in [5.41, 5.74) is 0.839. The Morgan fingerprint density at radius 1 is 1.31 bits per heavy atom. The largest absolute Gasteiger partial charge is 0.497 e. The van der Waals surface area contributed by atoms with E-state index >= 15 is 0 Å². The molecule has 2 fully saturated rings. The summed E-state index contributed by atoms with van der Waals surface area (Å²) in [7, 11) is 1.63. The van der Waals surface area contributed by atoms with Gasteiger partial charge in [-0.25, -0.2) is 0 Å². The van der Waals surface area contributed by atoms with E-state index in [0.717, 1.165) is 37.1 Å². The van der Waals surface area contributed by atoms with E-state index < -0.39 is 0 Å². The van der Waals surface area contributed by atoms with Crippen LogP contribution in [0.4, 0.5) is 6.01 Å². The lowest BCUT2D eigenvalue weighted by molar-refractivity contribution is -0.134. The molecule has 2 aromatic rings. The van der Waals surface area contributed by atoms with Crippen LogP contribution in [-0.4, -0.2) is 47.2 Å². The average molecular weight is 356 g/mol. The summed E-state index contributed by atoms with van der Waals surface area (Å²) in [5.74, 6) is 1.81. The molecule has 1 N–H and O–H groups in total. The molecule has 1 aromatic heterocycles. The zero-order valence-electron chi connectivity index (χ0n) is 15.0. The van der Waals surface area contributed by atoms with Gasteiger partial charge in [0.1, 0.15) is 5.75 Å². The molecule has 1 atom stereocenters. The zero-order chi connectivity index (χ0) is 17.9. The molecule has 7 nitrogen and oxygen atoms in total. The summed E-state index contributed by atoms with van der Waals surface area (Å²) in [4.78, 5) is 18.9. The summed E-state index contributed by atoms with van der Waals surface area (Å²) in [6.07, 6.45) is 5.35. The first-order valence-electron chi connectivity index (χ1n) is 9.26. The molecule has 1 saturated carbocycles. The normalized spacial score (nSPS) is 20.5. The van der Waals surface area contributed by atoms with E-state index in [1.807, 2.05) is 29.2 Å². The number of methoxy groups -OCH3 is 1. The van der Waals surface area contributed by atoms with Crippen LogP contribution in [0.25, 0.3) is 11.4 Å². The van der Waals surface area contributed by atoms with Gasteiger partial charge in [-0.05, 0) is 31.4 Å². The number of hydrogen-bond acceptors (Lipinski definition) is 6. The van der Waals surface area contributed by atoms with Gasteiger partial charge in [0.05, 0.1) is 7.11 Å². The van der Waals surface area contributed by atoms with Crippen LogP contribution in [0.2, 0.25) is 0 Å². The minimum Gasteiger partial charge on any atom is -0.497 e. The molecule has 1 amide bonds. The number of carbonyl (C=O) groups excluding carboxylic acids is 1. The molecule has 2 aliphatic rings. The van der Waals surface area contributed by atoms with Gasteiger partial charge in [0, 0.05) is 30.6 Å². The van der Waals surface area contributed by atoms with Crippen LogP contribution in [0.1, 0.15) is 32.1 Å². The van der Waals surface area contributed by atoms with Crippen LogP contribution in [0.5, 0.6) is 5.75 Å². The van der Waals surface area contributed by atoms with Crippen LogP contribution in [0.3, 0.4) is 0 Å². The Bertz CT molecular complexity index is 770. The third-order valence-corrected chi connectivity index (χ3v) is 5.29. The molecule has 1 saturated heterocycles. The zero-order valence-corrected chi connectivity index (χ0v) is 15.0. The van der Waals surface area contributed by atoms with Gasteiger partial charge in [-0.2, -0.15) is 4.98 Å². The molecule has 138 valence electrons. The number of ether oxygens (including phenoxy) is 1. The van der Waals surface area contributed by atoms with Crippen molar-refractivity contribution in [2.24, 2.45) is 5.92 Å². The number of anilines is 1. The van der Waals surface area contributed by atoms with Crippen molar-refractivity contribution < 1.29 is 14.1 Å². The number of amides is 1. The van der Waals surface area contributed by atoms with Gasteiger partial charge in [0.2, 0.25) is 11.7 Å². The number of hydrogen-bond donors (Lipinski definition) is 1. The quantitative estimate of drug-likeness (QED) is 0.887. The van der Waals surface area contributed by atoms with E-state index in [2.05, 4.69) is 15.5 Å². The molecule has 2 heterocycles. The third kappa shape index (κ3) is 3.52. The van der Waals surface area contributed by atoms with E-state index in [4.69, 9.17) is 9.26 Å². The van der Waals surface area contributed by atoms with E-state index in [-0.39, 0.29) is 12.0 Å². The Hall–Kier alpha value is -2.57. The molecule has 1 aromatic carbocycles. The second kappa shape index (κ2) is 7.35. The van der Waals surface area contributed by atoms with Gasteiger partial charge in [-0.1, -0.05) is 30.1 Å². The highest BCUT2D eigenvalue weighted by Gasteiger charge is 2.32. The maximum Gasteiger partial charge on any atom is 0.322 e. The van der Waals surface area contributed by atoms with Crippen LogP contribution in [0.15, 0.2) is 28.8 Å². The van der Waals surface area contributed by atoms with E-state index in [9.17, 15) is 4.79 Å². The molecule has 7 heteroatoms. The predicted octanol–water partition coefficient (Wildman–Crippen LogP) is 2.95. The van der Waals surface area contributed by atoms with E-state index in [0.29, 0.717) is 24.3 Å². The lowest BCUT2D eigenvalue weighted by atomic mass is 10.1. The summed E-state index contributed by atoms with van der Waals surface area (Å²) in [6.45, 7) is 1.50. The Morgan fingerprint density at radius 2 is 2.15 bits per heavy atom. The molecular weight excluding hydrogens is 332 g/mol. The number of aromatic nitrogens is 2. The highest BCUT2D eigenvalue weighted by Crippen LogP contribution is 2.28. The smallest absolute Gasteiger partial charge is 0.322 e. The minimum absolute atomic E-state index is 0.152. The number of carbonyl (C=O) groups is 1. The predicted molar refractivity (Wildman–Crippen MR) is 96.9 cm³/mol. The van der Waals surface area contributed by atoms with Crippen molar-refractivity contribution in [2.75, 3.05) is 25.5 Å². The maximum absolute atomic E-state index is 12.5. The minimum atomic E-state index is 0.152. The second-order valence-electron chi connectivity index (χ2n) is 7.05. The van der Waals surface area contributed by atoms with Crippen molar-refractivity contribution in [3.05, 3.63) is 24.3 Å². The third-order valence-electron chi connectivity index (χ3n) is 5.29. The standard InChI is InChI=1S/C19H24N4O3/c1-25-16-8-4-7-14(11-16)17-21-19(26-22-17)20-15-9-10-23(12-15)18(24)13-5-2-3-6-13/h4,7-8,11,13,15H,2-3,5-6,9-10,12H2,1H3,(H,20,21,22). The Balaban J connectivity index is 1.36. The van der Waals surface area contributed by atoms with Crippen LogP contribution in [0, 0.1) is 5.92 Å². The topological polar surface area (TPSA) is 80.5 Å². The number of nitrogens with zero attached hydrogens (tertiary/aromatic N) is 3.